The van der Waals surface area contributed by atoms with Crippen molar-refractivity contribution in [3.63, 3.8) is 0 Å². The second kappa shape index (κ2) is 5.96. The Morgan fingerprint density at radius 1 is 1.24 bits per heavy atom. The minimum Gasteiger partial charge on any atom is -0.497 e. The zero-order chi connectivity index (χ0) is 15.5. The normalized spacial score (nSPS) is 11.0. The van der Waals surface area contributed by atoms with E-state index in [0.717, 1.165) is 6.07 Å². The fourth-order valence-corrected chi connectivity index (χ4v) is 2.70. The van der Waals surface area contributed by atoms with Crippen LogP contribution in [-0.2, 0) is 10.0 Å². The second-order valence-electron chi connectivity index (χ2n) is 4.08. The lowest BCUT2D eigenvalue weighted by Crippen LogP contribution is -2.14. The summed E-state index contributed by atoms with van der Waals surface area (Å²) in [5.41, 5.74) is -0.183. The van der Waals surface area contributed by atoms with Crippen LogP contribution in [0.3, 0.4) is 0 Å². The molecular weight excluding hydrogens is 297 g/mol. The van der Waals surface area contributed by atoms with Crippen LogP contribution in [0.5, 0.6) is 5.75 Å². The van der Waals surface area contributed by atoms with Gasteiger partial charge in [-0.25, -0.2) is 17.8 Å². The quantitative estimate of drug-likeness (QED) is 0.883. The van der Waals surface area contributed by atoms with Crippen LogP contribution in [0.25, 0.3) is 0 Å². The molecule has 0 spiro atoms. The highest BCUT2D eigenvalue weighted by molar-refractivity contribution is 7.92. The Bertz CT molecular complexity index is 750. The van der Waals surface area contributed by atoms with Gasteiger partial charge in [0, 0.05) is 25.4 Å². The molecule has 112 valence electrons. The zero-order valence-corrected chi connectivity index (χ0v) is 12.2. The summed E-state index contributed by atoms with van der Waals surface area (Å²) in [6.45, 7) is 0. The SMILES string of the molecule is CNc1cc(S(=O)(=O)Nc2cc(OC)ccc2F)ccn1. The van der Waals surface area contributed by atoms with E-state index in [0.29, 0.717) is 11.6 Å². The molecule has 1 aromatic carbocycles. The molecule has 0 unspecified atom stereocenters. The largest absolute Gasteiger partial charge is 0.497 e. The number of anilines is 2. The predicted octanol–water partition coefficient (Wildman–Crippen LogP) is 2.07. The van der Waals surface area contributed by atoms with Crippen molar-refractivity contribution in [1.29, 1.82) is 0 Å². The molecule has 8 heteroatoms. The number of ether oxygens (including phenoxy) is 1. The molecule has 0 amide bonds. The topological polar surface area (TPSA) is 80.3 Å². The molecule has 0 fully saturated rings. The Kier molecular flexibility index (Phi) is 4.27. The Morgan fingerprint density at radius 3 is 2.67 bits per heavy atom. The molecule has 1 aromatic heterocycles. The van der Waals surface area contributed by atoms with Gasteiger partial charge in [0.05, 0.1) is 17.7 Å². The third-order valence-corrected chi connectivity index (χ3v) is 4.08. The van der Waals surface area contributed by atoms with Crippen molar-refractivity contribution in [2.24, 2.45) is 0 Å². The molecule has 0 bridgehead atoms. The number of rotatable bonds is 5. The van der Waals surface area contributed by atoms with Crippen LogP contribution in [0.2, 0.25) is 0 Å². The van der Waals surface area contributed by atoms with Crippen LogP contribution in [0.4, 0.5) is 15.9 Å². The van der Waals surface area contributed by atoms with Crippen LogP contribution in [0, 0.1) is 5.82 Å². The predicted molar refractivity (Wildman–Crippen MR) is 77.5 cm³/mol. The number of hydrogen-bond acceptors (Lipinski definition) is 5. The van der Waals surface area contributed by atoms with Crippen LogP contribution in [-0.4, -0.2) is 27.6 Å². The third kappa shape index (κ3) is 3.40. The van der Waals surface area contributed by atoms with Crippen molar-refractivity contribution in [1.82, 2.24) is 4.98 Å². The number of nitrogens with zero attached hydrogens (tertiary/aromatic N) is 1. The maximum atomic E-state index is 13.7. The Hall–Kier alpha value is -2.35. The van der Waals surface area contributed by atoms with Crippen molar-refractivity contribution < 1.29 is 17.5 Å². The van der Waals surface area contributed by atoms with Crippen LogP contribution < -0.4 is 14.8 Å². The molecule has 0 aliphatic heterocycles. The number of methoxy groups -OCH3 is 1. The van der Waals surface area contributed by atoms with Crippen molar-refractivity contribution in [2.75, 3.05) is 24.2 Å². The lowest BCUT2D eigenvalue weighted by atomic mass is 10.3. The molecule has 0 aliphatic rings. The highest BCUT2D eigenvalue weighted by Gasteiger charge is 2.17. The maximum absolute atomic E-state index is 13.7. The minimum atomic E-state index is -3.92. The summed E-state index contributed by atoms with van der Waals surface area (Å²) in [6.07, 6.45) is 1.35. The van der Waals surface area contributed by atoms with Crippen LogP contribution >= 0.6 is 0 Å². The summed E-state index contributed by atoms with van der Waals surface area (Å²) < 4.78 is 45.3. The molecule has 6 nitrogen and oxygen atoms in total. The van der Waals surface area contributed by atoms with Gasteiger partial charge in [-0.15, -0.1) is 0 Å². The first-order chi connectivity index (χ1) is 9.96. The summed E-state index contributed by atoms with van der Waals surface area (Å²) in [4.78, 5) is 3.90. The minimum absolute atomic E-state index is 0.0240. The second-order valence-corrected chi connectivity index (χ2v) is 5.76. The molecule has 2 aromatic rings. The van der Waals surface area contributed by atoms with Gasteiger partial charge in [-0.2, -0.15) is 0 Å². The molecule has 1 heterocycles. The van der Waals surface area contributed by atoms with Gasteiger partial charge in [0.2, 0.25) is 0 Å². The van der Waals surface area contributed by atoms with E-state index in [1.165, 1.54) is 37.6 Å². The van der Waals surface area contributed by atoms with Gasteiger partial charge in [0.1, 0.15) is 17.4 Å². The molecular formula is C13H14FN3O3S. The standard InChI is InChI=1S/C13H14FN3O3S/c1-15-13-8-10(5-6-16-13)21(18,19)17-12-7-9(20-2)3-4-11(12)14/h3-8,17H,1-2H3,(H,15,16). The molecule has 2 N–H and O–H groups in total. The van der Waals surface area contributed by atoms with E-state index in [1.54, 1.807) is 7.05 Å². The molecule has 0 radical (unpaired) electrons. The monoisotopic (exact) mass is 311 g/mol. The maximum Gasteiger partial charge on any atom is 0.262 e. The van der Waals surface area contributed by atoms with E-state index in [2.05, 4.69) is 15.0 Å². The number of pyridine rings is 1. The Labute approximate surface area is 122 Å². The summed E-state index contributed by atoms with van der Waals surface area (Å²) >= 11 is 0. The van der Waals surface area contributed by atoms with Gasteiger partial charge in [-0.05, 0) is 18.2 Å². The summed E-state index contributed by atoms with van der Waals surface area (Å²) in [5.74, 6) is 0.0472. The van der Waals surface area contributed by atoms with Crippen molar-refractivity contribution in [3.8, 4) is 5.75 Å². The Morgan fingerprint density at radius 2 is 2.00 bits per heavy atom. The summed E-state index contributed by atoms with van der Waals surface area (Å²) in [6, 6.07) is 6.47. The molecule has 0 aliphatic carbocycles. The number of halogens is 1. The smallest absolute Gasteiger partial charge is 0.262 e. The number of benzene rings is 1. The highest BCUT2D eigenvalue weighted by Crippen LogP contribution is 2.24. The summed E-state index contributed by atoms with van der Waals surface area (Å²) in [5, 5.41) is 2.74. The third-order valence-electron chi connectivity index (χ3n) is 2.72. The van der Waals surface area contributed by atoms with E-state index in [1.807, 2.05) is 0 Å². The lowest BCUT2D eigenvalue weighted by molar-refractivity contribution is 0.414. The molecule has 21 heavy (non-hydrogen) atoms. The van der Waals surface area contributed by atoms with E-state index in [4.69, 9.17) is 4.74 Å². The van der Waals surface area contributed by atoms with Crippen LogP contribution in [0.1, 0.15) is 0 Å². The van der Waals surface area contributed by atoms with Crippen molar-refractivity contribution in [2.45, 2.75) is 4.90 Å². The van der Waals surface area contributed by atoms with Gasteiger partial charge in [0.25, 0.3) is 10.0 Å². The zero-order valence-electron chi connectivity index (χ0n) is 11.4. The van der Waals surface area contributed by atoms with E-state index < -0.39 is 15.8 Å². The highest BCUT2D eigenvalue weighted by atomic mass is 32.2. The van der Waals surface area contributed by atoms with E-state index >= 15 is 0 Å². The van der Waals surface area contributed by atoms with Gasteiger partial charge < -0.3 is 10.1 Å². The van der Waals surface area contributed by atoms with Gasteiger partial charge >= 0.3 is 0 Å². The molecule has 2 rings (SSSR count). The van der Waals surface area contributed by atoms with E-state index in [-0.39, 0.29) is 10.6 Å². The van der Waals surface area contributed by atoms with Gasteiger partial charge in [0.15, 0.2) is 0 Å². The van der Waals surface area contributed by atoms with Gasteiger partial charge in [-0.1, -0.05) is 0 Å². The number of aromatic nitrogens is 1. The average molecular weight is 311 g/mol. The first-order valence-electron chi connectivity index (χ1n) is 5.96. The van der Waals surface area contributed by atoms with Gasteiger partial charge in [-0.3, -0.25) is 4.72 Å². The van der Waals surface area contributed by atoms with E-state index in [9.17, 15) is 12.8 Å². The summed E-state index contributed by atoms with van der Waals surface area (Å²) in [7, 11) is -0.890. The molecule has 0 atom stereocenters. The fraction of sp³-hybridized carbons (Fsp3) is 0.154. The van der Waals surface area contributed by atoms with Crippen LogP contribution in [0.15, 0.2) is 41.4 Å². The first kappa shape index (κ1) is 15.0. The lowest BCUT2D eigenvalue weighted by Gasteiger charge is -2.11. The van der Waals surface area contributed by atoms with Crippen molar-refractivity contribution in [3.05, 3.63) is 42.3 Å². The number of nitrogens with one attached hydrogen (secondary N) is 2. The Balaban J connectivity index is 2.37. The first-order valence-corrected chi connectivity index (χ1v) is 7.45. The fourth-order valence-electron chi connectivity index (χ4n) is 1.63. The van der Waals surface area contributed by atoms with Crippen molar-refractivity contribution >= 4 is 21.5 Å². The molecule has 0 saturated heterocycles. The molecule has 0 saturated carbocycles. The number of sulfonamides is 1. The number of hydrogen-bond donors (Lipinski definition) is 2. The average Bonchev–Trinajstić information content (AvgIpc) is 2.49.